The minimum atomic E-state index is -0.469. The van der Waals surface area contributed by atoms with Crippen molar-refractivity contribution in [1.82, 2.24) is 0 Å². The number of benzene rings is 2. The predicted octanol–water partition coefficient (Wildman–Crippen LogP) is 5.10. The van der Waals surface area contributed by atoms with Gasteiger partial charge >= 0.3 is 0 Å². The molecule has 0 fully saturated rings. The van der Waals surface area contributed by atoms with Crippen molar-refractivity contribution in [2.24, 2.45) is 0 Å². The van der Waals surface area contributed by atoms with Crippen LogP contribution in [0.25, 0.3) is 11.3 Å². The Kier molecular flexibility index (Phi) is 4.88. The number of hydrogen-bond acceptors (Lipinski definition) is 4. The Morgan fingerprint density at radius 1 is 1.12 bits per heavy atom. The number of hydrogen-bond donors (Lipinski definition) is 2. The van der Waals surface area contributed by atoms with Crippen LogP contribution in [0.2, 0.25) is 10.0 Å². The quantitative estimate of drug-likeness (QED) is 0.621. The van der Waals surface area contributed by atoms with E-state index in [-0.39, 0.29) is 10.8 Å². The van der Waals surface area contributed by atoms with Crippen LogP contribution in [0.3, 0.4) is 0 Å². The van der Waals surface area contributed by atoms with E-state index >= 15 is 0 Å². The fraction of sp³-hybridized carbons (Fsp3) is 0.0556. The van der Waals surface area contributed by atoms with Crippen LogP contribution in [0.4, 0.5) is 11.4 Å². The van der Waals surface area contributed by atoms with Crippen molar-refractivity contribution < 1.29 is 13.9 Å². The summed E-state index contributed by atoms with van der Waals surface area (Å²) >= 11 is 12.3. The molecule has 0 radical (unpaired) electrons. The van der Waals surface area contributed by atoms with Gasteiger partial charge in [0.25, 0.3) is 5.91 Å². The summed E-state index contributed by atoms with van der Waals surface area (Å²) in [4.78, 5) is 12.5. The smallest absolute Gasteiger partial charge is 0.291 e. The number of amides is 1. The van der Waals surface area contributed by atoms with Gasteiger partial charge in [0.15, 0.2) is 5.76 Å². The van der Waals surface area contributed by atoms with Crippen LogP contribution in [-0.2, 0) is 0 Å². The summed E-state index contributed by atoms with van der Waals surface area (Å²) in [5, 5.41) is 3.48. The molecule has 0 aliphatic heterocycles. The molecule has 3 N–H and O–H groups in total. The van der Waals surface area contributed by atoms with E-state index in [4.69, 9.17) is 38.1 Å². The van der Waals surface area contributed by atoms with E-state index in [1.165, 1.54) is 13.2 Å². The summed E-state index contributed by atoms with van der Waals surface area (Å²) in [5.41, 5.74) is 7.17. The van der Waals surface area contributed by atoms with Crippen LogP contribution in [0.5, 0.6) is 5.75 Å². The summed E-state index contributed by atoms with van der Waals surface area (Å²) < 4.78 is 10.8. The summed E-state index contributed by atoms with van der Waals surface area (Å²) in [7, 11) is 1.46. The fourth-order valence-electron chi connectivity index (χ4n) is 2.32. The highest BCUT2D eigenvalue weighted by atomic mass is 35.5. The minimum Gasteiger partial charge on any atom is -0.494 e. The van der Waals surface area contributed by atoms with Crippen LogP contribution in [0.1, 0.15) is 10.6 Å². The number of methoxy groups -OCH3 is 1. The Hall–Kier alpha value is -2.63. The van der Waals surface area contributed by atoms with E-state index < -0.39 is 5.91 Å². The van der Waals surface area contributed by atoms with Crippen molar-refractivity contribution in [2.75, 3.05) is 18.2 Å². The molecule has 1 heterocycles. The lowest BCUT2D eigenvalue weighted by molar-refractivity contribution is 0.0997. The molecule has 128 valence electrons. The minimum absolute atomic E-state index is 0.116. The molecule has 1 amide bonds. The molecule has 3 rings (SSSR count). The van der Waals surface area contributed by atoms with E-state index in [0.29, 0.717) is 33.5 Å². The van der Waals surface area contributed by atoms with Crippen molar-refractivity contribution in [3.05, 3.63) is 64.3 Å². The summed E-state index contributed by atoms with van der Waals surface area (Å²) in [6, 6.07) is 13.5. The predicted molar refractivity (Wildman–Crippen MR) is 99.5 cm³/mol. The first-order chi connectivity index (χ1) is 12.0. The van der Waals surface area contributed by atoms with Gasteiger partial charge in [-0.05, 0) is 30.3 Å². The second kappa shape index (κ2) is 7.09. The van der Waals surface area contributed by atoms with Crippen molar-refractivity contribution >= 4 is 40.5 Å². The number of carbonyl (C=O) groups is 1. The normalized spacial score (nSPS) is 10.5. The molecule has 7 heteroatoms. The lowest BCUT2D eigenvalue weighted by atomic mass is 10.2. The molecule has 1 aromatic heterocycles. The number of nitrogen functional groups attached to an aromatic ring is 1. The lowest BCUT2D eigenvalue weighted by Gasteiger charge is -2.12. The molecule has 0 unspecified atom stereocenters. The zero-order valence-electron chi connectivity index (χ0n) is 13.2. The van der Waals surface area contributed by atoms with E-state index in [1.807, 2.05) is 18.2 Å². The molecule has 5 nitrogen and oxygen atoms in total. The molecule has 0 aliphatic carbocycles. The highest BCUT2D eigenvalue weighted by Gasteiger charge is 2.18. The standard InChI is InChI=1S/C18H14Cl2N2O3/c1-24-16-9-10(21)8-13(20)17(16)22-18(23)15-7-6-14(25-15)11-4-2-3-5-12(11)19/h2-9H,21H2,1H3,(H,22,23). The number of carbonyl (C=O) groups excluding carboxylic acids is 1. The maximum absolute atomic E-state index is 12.5. The molecule has 0 atom stereocenters. The second-order valence-electron chi connectivity index (χ2n) is 5.18. The number of nitrogens with two attached hydrogens (primary N) is 1. The van der Waals surface area contributed by atoms with Crippen LogP contribution >= 0.6 is 23.2 Å². The third-order valence-corrected chi connectivity index (χ3v) is 4.13. The zero-order chi connectivity index (χ0) is 18.0. The first kappa shape index (κ1) is 17.2. The Morgan fingerprint density at radius 2 is 1.88 bits per heavy atom. The van der Waals surface area contributed by atoms with Gasteiger partial charge in [0.2, 0.25) is 0 Å². The van der Waals surface area contributed by atoms with Gasteiger partial charge in [-0.1, -0.05) is 35.3 Å². The third kappa shape index (κ3) is 3.57. The molecule has 3 aromatic rings. The second-order valence-corrected chi connectivity index (χ2v) is 5.99. The van der Waals surface area contributed by atoms with Gasteiger partial charge in [-0.2, -0.15) is 0 Å². The largest absolute Gasteiger partial charge is 0.494 e. The number of nitrogens with one attached hydrogen (secondary N) is 1. The zero-order valence-corrected chi connectivity index (χ0v) is 14.7. The van der Waals surface area contributed by atoms with Crippen molar-refractivity contribution in [1.29, 1.82) is 0 Å². The van der Waals surface area contributed by atoms with E-state index in [1.54, 1.807) is 24.3 Å². The third-order valence-electron chi connectivity index (χ3n) is 3.50. The summed E-state index contributed by atoms with van der Waals surface area (Å²) in [6.45, 7) is 0. The lowest BCUT2D eigenvalue weighted by Crippen LogP contribution is -2.12. The Bertz CT molecular complexity index is 938. The maximum Gasteiger partial charge on any atom is 0.291 e. The Morgan fingerprint density at radius 3 is 2.60 bits per heavy atom. The van der Waals surface area contributed by atoms with Gasteiger partial charge in [0, 0.05) is 17.3 Å². The number of halogens is 2. The number of anilines is 2. The number of rotatable bonds is 4. The van der Waals surface area contributed by atoms with Gasteiger partial charge in [0.1, 0.15) is 17.2 Å². The first-order valence-corrected chi connectivity index (χ1v) is 8.04. The summed E-state index contributed by atoms with van der Waals surface area (Å²) in [6.07, 6.45) is 0. The molecule has 0 spiro atoms. The van der Waals surface area contributed by atoms with Gasteiger partial charge in [-0.15, -0.1) is 0 Å². The molecule has 25 heavy (non-hydrogen) atoms. The number of furan rings is 1. The highest BCUT2D eigenvalue weighted by molar-refractivity contribution is 6.34. The molecule has 0 saturated carbocycles. The van der Waals surface area contributed by atoms with Gasteiger partial charge in [-0.3, -0.25) is 4.79 Å². The highest BCUT2D eigenvalue weighted by Crippen LogP contribution is 2.35. The molecule has 2 aromatic carbocycles. The SMILES string of the molecule is COc1cc(N)cc(Cl)c1NC(=O)c1ccc(-c2ccccc2Cl)o1. The van der Waals surface area contributed by atoms with E-state index in [0.717, 1.165) is 0 Å². The van der Waals surface area contributed by atoms with Crippen molar-refractivity contribution in [2.45, 2.75) is 0 Å². The van der Waals surface area contributed by atoms with Crippen LogP contribution < -0.4 is 15.8 Å². The van der Waals surface area contributed by atoms with Crippen molar-refractivity contribution in [3.8, 4) is 17.1 Å². The monoisotopic (exact) mass is 376 g/mol. The van der Waals surface area contributed by atoms with Gasteiger partial charge < -0.3 is 20.2 Å². The fourth-order valence-corrected chi connectivity index (χ4v) is 2.82. The molecular weight excluding hydrogens is 363 g/mol. The Labute approximate surface area is 154 Å². The average molecular weight is 377 g/mol. The average Bonchev–Trinajstić information content (AvgIpc) is 3.07. The van der Waals surface area contributed by atoms with E-state index in [2.05, 4.69) is 5.32 Å². The van der Waals surface area contributed by atoms with Crippen LogP contribution in [-0.4, -0.2) is 13.0 Å². The Balaban J connectivity index is 1.88. The molecule has 0 aliphatic rings. The van der Waals surface area contributed by atoms with Crippen LogP contribution in [0.15, 0.2) is 52.9 Å². The molecule has 0 bridgehead atoms. The topological polar surface area (TPSA) is 77.5 Å². The van der Waals surface area contributed by atoms with Gasteiger partial charge in [-0.25, -0.2) is 0 Å². The summed E-state index contributed by atoms with van der Waals surface area (Å²) in [5.74, 6) is 0.496. The maximum atomic E-state index is 12.5. The number of ether oxygens (including phenoxy) is 1. The first-order valence-electron chi connectivity index (χ1n) is 7.28. The van der Waals surface area contributed by atoms with Crippen LogP contribution in [0, 0.1) is 0 Å². The van der Waals surface area contributed by atoms with Gasteiger partial charge in [0.05, 0.1) is 17.2 Å². The molecule has 0 saturated heterocycles. The van der Waals surface area contributed by atoms with Crippen molar-refractivity contribution in [3.63, 3.8) is 0 Å². The van der Waals surface area contributed by atoms with E-state index in [9.17, 15) is 4.79 Å². The molecular formula is C18H14Cl2N2O3.